The molecule has 0 radical (unpaired) electrons. The number of amides is 2. The van der Waals surface area contributed by atoms with Gasteiger partial charge in [0.15, 0.2) is 5.78 Å². The summed E-state index contributed by atoms with van der Waals surface area (Å²) < 4.78 is 24.6. The van der Waals surface area contributed by atoms with Crippen LogP contribution in [0.5, 0.6) is 0 Å². The van der Waals surface area contributed by atoms with Crippen molar-refractivity contribution in [3.8, 4) is 0 Å². The summed E-state index contributed by atoms with van der Waals surface area (Å²) >= 11 is 0. The molecule has 2 aromatic carbocycles. The zero-order valence-corrected chi connectivity index (χ0v) is 19.9. The van der Waals surface area contributed by atoms with E-state index in [1.807, 2.05) is 63.2 Å². The number of nitrogens with one attached hydrogen (secondary N) is 2. The summed E-state index contributed by atoms with van der Waals surface area (Å²) in [5.41, 5.74) is 2.84. The number of urea groups is 1. The number of benzene rings is 2. The smallest absolute Gasteiger partial charge is 0.329 e. The van der Waals surface area contributed by atoms with Crippen LogP contribution in [0.15, 0.2) is 61.2 Å². The van der Waals surface area contributed by atoms with Gasteiger partial charge in [0, 0.05) is 0 Å². The first-order chi connectivity index (χ1) is 14.6. The fourth-order valence-electron chi connectivity index (χ4n) is 3.22. The maximum absolute atomic E-state index is 13.5. The molecule has 2 rings (SSSR count). The zero-order chi connectivity index (χ0) is 23.1. The Hall–Kier alpha value is -2.40. The second kappa shape index (κ2) is 10.8. The first-order valence-corrected chi connectivity index (χ1v) is 12.0. The van der Waals surface area contributed by atoms with Gasteiger partial charge in [-0.3, -0.25) is 4.57 Å². The molecule has 0 aromatic heterocycles. The molecule has 0 aliphatic rings. The third-order valence-corrected chi connectivity index (χ3v) is 7.12. The topological polar surface area (TPSA) is 76.7 Å². The lowest BCUT2D eigenvalue weighted by molar-refractivity contribution is 0.201. The monoisotopic (exact) mass is 444 g/mol. The van der Waals surface area contributed by atoms with Gasteiger partial charge in [-0.15, -0.1) is 0 Å². The van der Waals surface area contributed by atoms with Gasteiger partial charge in [-0.25, -0.2) is 4.79 Å². The van der Waals surface area contributed by atoms with Gasteiger partial charge in [0.1, 0.15) is 0 Å². The van der Waals surface area contributed by atoms with Crippen LogP contribution in [0.3, 0.4) is 0 Å². The van der Waals surface area contributed by atoms with Crippen LogP contribution in [0.25, 0.3) is 5.57 Å². The fourth-order valence-corrected chi connectivity index (χ4v) is 5.12. The molecule has 0 unspecified atom stereocenters. The van der Waals surface area contributed by atoms with E-state index in [9.17, 15) is 9.36 Å². The fraction of sp³-hybridized carbons (Fsp3) is 0.375. The molecule has 0 aliphatic heterocycles. The number of hydrogen-bond acceptors (Lipinski definition) is 4. The minimum absolute atomic E-state index is 0.198. The maximum atomic E-state index is 13.5. The second-order valence-corrected chi connectivity index (χ2v) is 9.89. The predicted octanol–water partition coefficient (Wildman–Crippen LogP) is 6.22. The Balaban J connectivity index is 2.30. The summed E-state index contributed by atoms with van der Waals surface area (Å²) in [6.07, 6.45) is 0. The van der Waals surface area contributed by atoms with Crippen LogP contribution in [0.1, 0.15) is 57.1 Å². The molecule has 7 heteroatoms. The third kappa shape index (κ3) is 6.54. The van der Waals surface area contributed by atoms with Gasteiger partial charge >= 0.3 is 13.6 Å². The molecule has 0 fully saturated rings. The third-order valence-electron chi connectivity index (χ3n) is 4.82. The summed E-state index contributed by atoms with van der Waals surface area (Å²) in [4.78, 5) is 13.0. The molecule has 0 saturated carbocycles. The van der Waals surface area contributed by atoms with Crippen molar-refractivity contribution < 1.29 is 18.4 Å². The Bertz CT molecular complexity index is 934. The van der Waals surface area contributed by atoms with Gasteiger partial charge in [-0.05, 0) is 57.4 Å². The van der Waals surface area contributed by atoms with E-state index in [4.69, 9.17) is 9.05 Å². The van der Waals surface area contributed by atoms with Crippen molar-refractivity contribution in [1.29, 1.82) is 0 Å². The Morgan fingerprint density at radius 2 is 1.68 bits per heavy atom. The zero-order valence-electron chi connectivity index (χ0n) is 19.0. The number of rotatable bonds is 10. The van der Waals surface area contributed by atoms with Crippen LogP contribution < -0.4 is 10.6 Å². The highest BCUT2D eigenvalue weighted by atomic mass is 31.2. The molecule has 0 bridgehead atoms. The Morgan fingerprint density at radius 1 is 1.06 bits per heavy atom. The van der Waals surface area contributed by atoms with Crippen LogP contribution in [-0.2, 0) is 19.2 Å². The molecule has 2 N–H and O–H groups in total. The average molecular weight is 445 g/mol. The van der Waals surface area contributed by atoms with Crippen LogP contribution >= 0.6 is 7.60 Å². The summed E-state index contributed by atoms with van der Waals surface area (Å²) in [6.45, 7) is 13.6. The number of carbonyl (C=O) groups excluding carboxylic acids is 1. The molecule has 0 heterocycles. The van der Waals surface area contributed by atoms with Gasteiger partial charge in [0.05, 0.1) is 18.8 Å². The molecule has 0 spiro atoms. The van der Waals surface area contributed by atoms with Gasteiger partial charge in [0.2, 0.25) is 0 Å². The Kier molecular flexibility index (Phi) is 8.63. The second-order valence-electron chi connectivity index (χ2n) is 7.77. The van der Waals surface area contributed by atoms with Gasteiger partial charge < -0.3 is 19.7 Å². The Morgan fingerprint density at radius 3 is 2.23 bits per heavy atom. The molecule has 6 nitrogen and oxygen atoms in total. The lowest BCUT2D eigenvalue weighted by Crippen LogP contribution is -2.47. The van der Waals surface area contributed by atoms with Gasteiger partial charge in [-0.2, -0.15) is 0 Å². The highest BCUT2D eigenvalue weighted by molar-refractivity contribution is 7.54. The SMILES string of the molecule is C=C(C)c1cccc(C(C)(C)NC(=O)N[C@@H](c2ccccc2)P(=O)(OCC)OCC)c1. The Labute approximate surface area is 185 Å². The molecule has 168 valence electrons. The van der Waals surface area contributed by atoms with E-state index in [2.05, 4.69) is 17.2 Å². The highest BCUT2D eigenvalue weighted by Crippen LogP contribution is 2.59. The van der Waals surface area contributed by atoms with Crippen LogP contribution in [0.2, 0.25) is 0 Å². The predicted molar refractivity (Wildman–Crippen MR) is 126 cm³/mol. The maximum Gasteiger partial charge on any atom is 0.357 e. The lowest BCUT2D eigenvalue weighted by Gasteiger charge is -2.31. The van der Waals surface area contributed by atoms with E-state index in [1.54, 1.807) is 26.0 Å². The van der Waals surface area contributed by atoms with E-state index < -0.39 is 24.9 Å². The van der Waals surface area contributed by atoms with Crippen LogP contribution in [0.4, 0.5) is 4.79 Å². The summed E-state index contributed by atoms with van der Waals surface area (Å²) in [6, 6.07) is 16.5. The largest absolute Gasteiger partial charge is 0.357 e. The minimum atomic E-state index is -3.65. The van der Waals surface area contributed by atoms with Gasteiger partial charge in [0.25, 0.3) is 0 Å². The molecule has 31 heavy (non-hydrogen) atoms. The number of hydrogen-bond donors (Lipinski definition) is 2. The molecule has 2 aromatic rings. The molecule has 0 saturated heterocycles. The summed E-state index contributed by atoms with van der Waals surface area (Å²) in [5, 5.41) is 5.81. The lowest BCUT2D eigenvalue weighted by atomic mass is 9.92. The molecule has 0 aliphatic carbocycles. The van der Waals surface area contributed by atoms with E-state index in [1.165, 1.54) is 0 Å². The molecular formula is C24H33N2O4P. The first kappa shape index (κ1) is 24.9. The van der Waals surface area contributed by atoms with E-state index in [-0.39, 0.29) is 13.2 Å². The van der Waals surface area contributed by atoms with E-state index >= 15 is 0 Å². The van der Waals surface area contributed by atoms with E-state index in [0.717, 1.165) is 16.7 Å². The van der Waals surface area contributed by atoms with Crippen molar-refractivity contribution in [2.45, 2.75) is 45.9 Å². The van der Waals surface area contributed by atoms with Crippen molar-refractivity contribution in [2.24, 2.45) is 0 Å². The highest BCUT2D eigenvalue weighted by Gasteiger charge is 2.39. The quantitative estimate of drug-likeness (QED) is 0.427. The molecule has 1 atom stereocenters. The van der Waals surface area contributed by atoms with Crippen molar-refractivity contribution in [2.75, 3.05) is 13.2 Å². The number of carbonyl (C=O) groups is 1. The van der Waals surface area contributed by atoms with Crippen LogP contribution in [0, 0.1) is 0 Å². The first-order valence-electron chi connectivity index (χ1n) is 10.4. The standard InChI is InChI=1S/C24H33N2O4P/c1-7-29-31(28,30-8-2)22(19-13-10-9-11-14-19)25-23(27)26-24(5,6)21-16-12-15-20(17-21)18(3)4/h9-17,22H,3,7-8H2,1-2,4-6H3,(H2,25,26,27)/t22-/m1/s1. The van der Waals surface area contributed by atoms with Crippen molar-refractivity contribution >= 4 is 19.2 Å². The minimum Gasteiger partial charge on any atom is -0.329 e. The normalized spacial score (nSPS) is 12.8. The summed E-state index contributed by atoms with van der Waals surface area (Å²) in [5.74, 6) is -0.939. The molecular weight excluding hydrogens is 411 g/mol. The van der Waals surface area contributed by atoms with Crippen molar-refractivity contribution in [3.63, 3.8) is 0 Å². The summed E-state index contributed by atoms with van der Waals surface area (Å²) in [7, 11) is -3.65. The van der Waals surface area contributed by atoms with Crippen molar-refractivity contribution in [1.82, 2.24) is 10.6 Å². The molecule has 2 amide bonds. The number of allylic oxidation sites excluding steroid dienone is 1. The average Bonchev–Trinajstić information content (AvgIpc) is 2.72. The van der Waals surface area contributed by atoms with E-state index in [0.29, 0.717) is 5.56 Å². The van der Waals surface area contributed by atoms with Gasteiger partial charge in [-0.1, -0.05) is 60.7 Å². The van der Waals surface area contributed by atoms with Crippen molar-refractivity contribution in [3.05, 3.63) is 77.9 Å². The van der Waals surface area contributed by atoms with Crippen LogP contribution in [-0.4, -0.2) is 19.2 Å².